The maximum atomic E-state index is 14.9. The van der Waals surface area contributed by atoms with E-state index in [-0.39, 0.29) is 48.0 Å². The van der Waals surface area contributed by atoms with Gasteiger partial charge in [0.15, 0.2) is 5.82 Å². The van der Waals surface area contributed by atoms with Crippen LogP contribution in [0.1, 0.15) is 95.6 Å². The molecule has 63 heavy (non-hydrogen) atoms. The third-order valence-corrected chi connectivity index (χ3v) is 14.4. The standard InChI is InChI=1S/C50H62N8O5/c1-33-32-62-34(2)29-55(33)40-16-22-44-46(28-40)57(50(60)35-11-17-41(61-3)18-12-35)31-38-10-8-24-52-48(38)58(44)63-42-19-13-36(14-20-42)49(59)56-30-37-9-7-23-51-47(37)53-43-21-15-39(27-45(43)56)54-25-5-4-6-26-54/h7-10,15-16,21-24,27-28,33-36,41-42H,4-6,11-14,17-20,25-26,29-32H2,1-3H3,(H,51,53)/t33-,34-,35-,36-,41-,42-/m0/s1. The van der Waals surface area contributed by atoms with Crippen molar-refractivity contribution < 1.29 is 23.9 Å². The van der Waals surface area contributed by atoms with Crippen LogP contribution in [0, 0.1) is 11.8 Å². The zero-order valence-electron chi connectivity index (χ0n) is 37.1. The number of fused-ring (bicyclic) bond motifs is 4. The van der Waals surface area contributed by atoms with Gasteiger partial charge in [0.1, 0.15) is 5.82 Å². The number of anilines is 8. The van der Waals surface area contributed by atoms with E-state index in [1.165, 1.54) is 19.3 Å². The van der Waals surface area contributed by atoms with E-state index >= 15 is 0 Å². The van der Waals surface area contributed by atoms with Crippen LogP contribution in [0.3, 0.4) is 0 Å². The Hall–Kier alpha value is -5.24. The van der Waals surface area contributed by atoms with Crippen molar-refractivity contribution >= 4 is 57.6 Å². The van der Waals surface area contributed by atoms with Crippen molar-refractivity contribution in [3.63, 3.8) is 0 Å². The molecular formula is C50H62N8O5. The van der Waals surface area contributed by atoms with Gasteiger partial charge in [-0.25, -0.2) is 15.0 Å². The molecule has 332 valence electrons. The van der Waals surface area contributed by atoms with Gasteiger partial charge in [-0.05, 0) is 133 Å². The van der Waals surface area contributed by atoms with E-state index in [0.29, 0.717) is 51.2 Å². The molecule has 2 aromatic heterocycles. The average Bonchev–Trinajstić information content (AvgIpc) is 3.58. The van der Waals surface area contributed by atoms with E-state index in [2.05, 4.69) is 82.5 Å². The molecule has 2 aliphatic carbocycles. The smallest absolute Gasteiger partial charge is 0.230 e. The molecule has 2 atom stereocenters. The number of methoxy groups -OCH3 is 1. The number of pyridine rings is 2. The van der Waals surface area contributed by atoms with E-state index in [1.807, 2.05) is 27.0 Å². The number of nitrogens with one attached hydrogen (secondary N) is 1. The Morgan fingerprint density at radius 1 is 0.714 bits per heavy atom. The first kappa shape index (κ1) is 41.8. The number of aromatic nitrogens is 2. The first-order valence-corrected chi connectivity index (χ1v) is 23.5. The second-order valence-corrected chi connectivity index (χ2v) is 18.6. The van der Waals surface area contributed by atoms with Gasteiger partial charge in [-0.15, -0.1) is 0 Å². The summed E-state index contributed by atoms with van der Waals surface area (Å²) in [4.78, 5) is 55.2. The zero-order valence-corrected chi connectivity index (χ0v) is 37.1. The number of ether oxygens (including phenoxy) is 2. The topological polar surface area (TPSA) is 116 Å². The number of hydrogen-bond donors (Lipinski definition) is 1. The molecule has 10 rings (SSSR count). The van der Waals surface area contributed by atoms with E-state index in [1.54, 1.807) is 19.5 Å². The van der Waals surface area contributed by atoms with E-state index < -0.39 is 0 Å². The number of hydrogen-bond acceptors (Lipinski definition) is 11. The van der Waals surface area contributed by atoms with Crippen LogP contribution in [0.4, 0.5) is 45.8 Å². The third kappa shape index (κ3) is 8.47. The number of carbonyl (C=O) groups excluding carboxylic acids is 2. The van der Waals surface area contributed by atoms with Crippen LogP contribution in [0.2, 0.25) is 0 Å². The summed E-state index contributed by atoms with van der Waals surface area (Å²) in [5.41, 5.74) is 7.59. The van der Waals surface area contributed by atoms with Gasteiger partial charge in [0, 0.05) is 79.5 Å². The summed E-state index contributed by atoms with van der Waals surface area (Å²) in [6, 6.07) is 21.1. The lowest BCUT2D eigenvalue weighted by Crippen LogP contribution is -2.47. The molecule has 6 aliphatic rings. The molecule has 0 unspecified atom stereocenters. The second-order valence-electron chi connectivity index (χ2n) is 18.6. The van der Waals surface area contributed by atoms with Gasteiger partial charge in [0.05, 0.1) is 60.8 Å². The van der Waals surface area contributed by atoms with Crippen LogP contribution < -0.4 is 30.0 Å². The fourth-order valence-corrected chi connectivity index (χ4v) is 10.8. The zero-order chi connectivity index (χ0) is 43.0. The molecule has 2 aromatic carbocycles. The van der Waals surface area contributed by atoms with Crippen molar-refractivity contribution in [2.75, 3.05) is 63.3 Å². The largest absolute Gasteiger partial charge is 0.381 e. The minimum absolute atomic E-state index is 0.0938. The van der Waals surface area contributed by atoms with Crippen molar-refractivity contribution in [3.8, 4) is 0 Å². The Labute approximate surface area is 371 Å². The van der Waals surface area contributed by atoms with Gasteiger partial charge >= 0.3 is 0 Å². The Kier molecular flexibility index (Phi) is 12.0. The minimum atomic E-state index is -0.156. The van der Waals surface area contributed by atoms with Gasteiger partial charge in [0.25, 0.3) is 0 Å². The number of amides is 2. The normalized spacial score (nSPS) is 26.0. The number of nitrogens with zero attached hydrogens (tertiary/aromatic N) is 7. The average molecular weight is 855 g/mol. The predicted molar refractivity (Wildman–Crippen MR) is 247 cm³/mol. The molecular weight excluding hydrogens is 793 g/mol. The third-order valence-electron chi connectivity index (χ3n) is 14.4. The highest BCUT2D eigenvalue weighted by molar-refractivity contribution is 6.01. The maximum absolute atomic E-state index is 14.9. The van der Waals surface area contributed by atoms with Crippen LogP contribution in [-0.4, -0.2) is 79.5 Å². The monoisotopic (exact) mass is 854 g/mol. The van der Waals surface area contributed by atoms with Crippen LogP contribution >= 0.6 is 0 Å². The Balaban J connectivity index is 0.924. The van der Waals surface area contributed by atoms with Gasteiger partial charge in [0.2, 0.25) is 11.8 Å². The van der Waals surface area contributed by atoms with E-state index in [4.69, 9.17) is 19.3 Å². The molecule has 13 nitrogen and oxygen atoms in total. The van der Waals surface area contributed by atoms with Gasteiger partial charge in [-0.2, -0.15) is 0 Å². The summed E-state index contributed by atoms with van der Waals surface area (Å²) < 4.78 is 11.7. The van der Waals surface area contributed by atoms with Gasteiger partial charge in [-0.3, -0.25) is 14.4 Å². The Morgan fingerprint density at radius 2 is 1.37 bits per heavy atom. The summed E-state index contributed by atoms with van der Waals surface area (Å²) in [5.74, 6) is 1.52. The maximum Gasteiger partial charge on any atom is 0.230 e. The quantitative estimate of drug-likeness (QED) is 0.192. The first-order chi connectivity index (χ1) is 30.8. The Morgan fingerprint density at radius 3 is 2.11 bits per heavy atom. The molecule has 6 heterocycles. The highest BCUT2D eigenvalue weighted by Gasteiger charge is 2.39. The number of carbonyl (C=O) groups is 2. The van der Waals surface area contributed by atoms with Gasteiger partial charge < -0.3 is 34.4 Å². The van der Waals surface area contributed by atoms with Crippen molar-refractivity contribution in [1.29, 1.82) is 0 Å². The molecule has 2 saturated heterocycles. The Bertz CT molecular complexity index is 2290. The van der Waals surface area contributed by atoms with Crippen molar-refractivity contribution in [2.45, 2.75) is 122 Å². The fourth-order valence-electron chi connectivity index (χ4n) is 10.8. The van der Waals surface area contributed by atoms with E-state index in [0.717, 1.165) is 96.4 Å². The van der Waals surface area contributed by atoms with Gasteiger partial charge in [-0.1, -0.05) is 12.1 Å². The molecule has 0 spiro atoms. The molecule has 2 amide bonds. The van der Waals surface area contributed by atoms with Crippen LogP contribution in [-0.2, 0) is 37.0 Å². The molecule has 4 aromatic rings. The molecule has 0 bridgehead atoms. The summed E-state index contributed by atoms with van der Waals surface area (Å²) >= 11 is 0. The number of piperidine rings is 1. The molecule has 0 radical (unpaired) electrons. The lowest BCUT2D eigenvalue weighted by molar-refractivity contribution is -0.125. The minimum Gasteiger partial charge on any atom is -0.381 e. The lowest BCUT2D eigenvalue weighted by Gasteiger charge is -2.39. The number of rotatable bonds is 7. The molecule has 4 fully saturated rings. The first-order valence-electron chi connectivity index (χ1n) is 23.5. The molecule has 4 aliphatic heterocycles. The highest BCUT2D eigenvalue weighted by atomic mass is 16.7. The fraction of sp³-hybridized carbons (Fsp3) is 0.520. The highest BCUT2D eigenvalue weighted by Crippen LogP contribution is 2.46. The summed E-state index contributed by atoms with van der Waals surface area (Å²) in [6.07, 6.45) is 13.5. The summed E-state index contributed by atoms with van der Waals surface area (Å²) in [5, 5.41) is 5.45. The second kappa shape index (κ2) is 18.1. The van der Waals surface area contributed by atoms with Crippen molar-refractivity contribution in [1.82, 2.24) is 9.97 Å². The number of benzene rings is 2. The number of morpholine rings is 1. The molecule has 2 saturated carbocycles. The summed E-state index contributed by atoms with van der Waals surface area (Å²) in [6.45, 7) is 8.63. The van der Waals surface area contributed by atoms with Crippen LogP contribution in [0.25, 0.3) is 0 Å². The van der Waals surface area contributed by atoms with Crippen molar-refractivity contribution in [3.05, 3.63) is 84.2 Å². The van der Waals surface area contributed by atoms with E-state index in [9.17, 15) is 9.59 Å². The van der Waals surface area contributed by atoms with Crippen LogP contribution in [0.15, 0.2) is 73.1 Å². The van der Waals surface area contributed by atoms with Crippen LogP contribution in [0.5, 0.6) is 0 Å². The lowest BCUT2D eigenvalue weighted by atomic mass is 9.86. The SMILES string of the molecule is CO[C@H]1CC[C@H](C(=O)N2Cc3cccnc3N(O[C@H]3CC[C@H](C(=O)N4Cc5cccnc5Nc5ccc(N6CCCCC6)cc54)CC3)c3ccc(N4C[C@H](C)OC[C@@H]4C)cc32)CC1. The molecule has 1 N–H and O–H groups in total. The summed E-state index contributed by atoms with van der Waals surface area (Å²) in [7, 11) is 1.77. The predicted octanol–water partition coefficient (Wildman–Crippen LogP) is 9.05. The van der Waals surface area contributed by atoms with Crippen molar-refractivity contribution in [2.24, 2.45) is 11.8 Å². The molecule has 13 heteroatoms.